The Morgan fingerprint density at radius 3 is 2.67 bits per heavy atom. The lowest BCUT2D eigenvalue weighted by molar-refractivity contribution is -0.119. The van der Waals surface area contributed by atoms with Crippen LogP contribution in [-0.4, -0.2) is 24.7 Å². The molecule has 1 fully saturated rings. The Kier molecular flexibility index (Phi) is 1.66. The molecule has 0 bridgehead atoms. The van der Waals surface area contributed by atoms with Gasteiger partial charge in [0.2, 0.25) is 5.91 Å². The topological polar surface area (TPSA) is 55.1 Å². The number of rotatable bonds is 1. The van der Waals surface area contributed by atoms with Gasteiger partial charge in [0.15, 0.2) is 0 Å². The number of alkyl halides is 1. The monoisotopic (exact) mass is 132 g/mol. The molecule has 0 radical (unpaired) electrons. The molecular weight excluding hydrogens is 123 g/mol. The van der Waals surface area contributed by atoms with Gasteiger partial charge in [-0.2, -0.15) is 0 Å². The number of carbonyl (C=O) groups is 1. The van der Waals surface area contributed by atoms with Gasteiger partial charge in [-0.25, -0.2) is 4.39 Å². The van der Waals surface area contributed by atoms with Gasteiger partial charge in [0, 0.05) is 13.0 Å². The standard InChI is InChI=1S/C5H9FN2O/c6-3-1-4(5(7)9)8-2-3/h3-4,8H,1-2H2,(H2,7,9)/t3-,4-/m1/s1. The lowest BCUT2D eigenvalue weighted by Crippen LogP contribution is -2.36. The molecule has 3 nitrogen and oxygen atoms in total. The van der Waals surface area contributed by atoms with Crippen molar-refractivity contribution in [2.75, 3.05) is 6.54 Å². The van der Waals surface area contributed by atoms with Crippen molar-refractivity contribution in [1.82, 2.24) is 5.32 Å². The molecule has 0 aromatic carbocycles. The van der Waals surface area contributed by atoms with E-state index in [1.54, 1.807) is 0 Å². The van der Waals surface area contributed by atoms with E-state index in [2.05, 4.69) is 5.32 Å². The third-order valence-corrected chi connectivity index (χ3v) is 1.42. The lowest BCUT2D eigenvalue weighted by atomic mass is 10.2. The zero-order valence-corrected chi connectivity index (χ0v) is 4.93. The van der Waals surface area contributed by atoms with Crippen LogP contribution in [0.3, 0.4) is 0 Å². The summed E-state index contributed by atoms with van der Waals surface area (Å²) in [5, 5.41) is 2.66. The third-order valence-electron chi connectivity index (χ3n) is 1.42. The second-order valence-electron chi connectivity index (χ2n) is 2.20. The maximum Gasteiger partial charge on any atom is 0.234 e. The van der Waals surface area contributed by atoms with Crippen LogP contribution in [0.15, 0.2) is 0 Å². The smallest absolute Gasteiger partial charge is 0.234 e. The summed E-state index contributed by atoms with van der Waals surface area (Å²) in [6, 6.07) is -0.444. The van der Waals surface area contributed by atoms with Crippen molar-refractivity contribution < 1.29 is 9.18 Å². The van der Waals surface area contributed by atoms with Crippen LogP contribution in [-0.2, 0) is 4.79 Å². The number of hydrogen-bond donors (Lipinski definition) is 2. The Hall–Kier alpha value is -0.640. The number of nitrogens with two attached hydrogens (primary N) is 1. The summed E-state index contributed by atoms with van der Waals surface area (Å²) in [5.74, 6) is -0.463. The highest BCUT2D eigenvalue weighted by Gasteiger charge is 2.26. The number of hydrogen-bond acceptors (Lipinski definition) is 2. The van der Waals surface area contributed by atoms with Crippen LogP contribution in [0.2, 0.25) is 0 Å². The zero-order chi connectivity index (χ0) is 6.85. The first-order chi connectivity index (χ1) is 4.20. The summed E-state index contributed by atoms with van der Waals surface area (Å²) in [5.41, 5.74) is 4.89. The molecule has 4 heteroatoms. The van der Waals surface area contributed by atoms with E-state index in [1.807, 2.05) is 0 Å². The molecular formula is C5H9FN2O. The highest BCUT2D eigenvalue weighted by Crippen LogP contribution is 2.08. The van der Waals surface area contributed by atoms with Crippen molar-refractivity contribution in [1.29, 1.82) is 0 Å². The summed E-state index contributed by atoms with van der Waals surface area (Å²) in [6.07, 6.45) is -0.669. The molecule has 1 amide bonds. The third kappa shape index (κ3) is 1.38. The Morgan fingerprint density at radius 2 is 2.44 bits per heavy atom. The van der Waals surface area contributed by atoms with Crippen molar-refractivity contribution >= 4 is 5.91 Å². The second kappa shape index (κ2) is 2.31. The van der Waals surface area contributed by atoms with Crippen LogP contribution < -0.4 is 11.1 Å². The SMILES string of the molecule is NC(=O)[C@H]1C[C@@H](F)CN1. The molecule has 52 valence electrons. The highest BCUT2D eigenvalue weighted by atomic mass is 19.1. The minimum Gasteiger partial charge on any atom is -0.368 e. The molecule has 1 aliphatic heterocycles. The zero-order valence-electron chi connectivity index (χ0n) is 4.93. The number of halogens is 1. The van der Waals surface area contributed by atoms with Crippen molar-refractivity contribution in [3.8, 4) is 0 Å². The van der Waals surface area contributed by atoms with E-state index >= 15 is 0 Å². The van der Waals surface area contributed by atoms with E-state index in [0.29, 0.717) is 0 Å². The highest BCUT2D eigenvalue weighted by molar-refractivity contribution is 5.80. The van der Waals surface area contributed by atoms with Gasteiger partial charge in [0.05, 0.1) is 6.04 Å². The molecule has 1 rings (SSSR count). The fourth-order valence-corrected chi connectivity index (χ4v) is 0.909. The molecule has 9 heavy (non-hydrogen) atoms. The molecule has 0 aromatic heterocycles. The van der Waals surface area contributed by atoms with Gasteiger partial charge in [-0.05, 0) is 0 Å². The fraction of sp³-hybridized carbons (Fsp3) is 0.800. The first-order valence-corrected chi connectivity index (χ1v) is 2.87. The molecule has 0 saturated carbocycles. The molecule has 1 heterocycles. The molecule has 1 aliphatic rings. The van der Waals surface area contributed by atoms with E-state index < -0.39 is 18.1 Å². The number of amides is 1. The first-order valence-electron chi connectivity index (χ1n) is 2.87. The predicted octanol–water partition coefficient (Wildman–Crippen LogP) is -0.828. The number of nitrogens with one attached hydrogen (secondary N) is 1. The van der Waals surface area contributed by atoms with Gasteiger partial charge in [-0.3, -0.25) is 4.79 Å². The number of primary amides is 1. The van der Waals surface area contributed by atoms with Crippen LogP contribution in [0.4, 0.5) is 4.39 Å². The number of carbonyl (C=O) groups excluding carboxylic acids is 1. The first kappa shape index (κ1) is 6.48. The Labute approximate surface area is 52.4 Å². The van der Waals surface area contributed by atoms with Gasteiger partial charge < -0.3 is 11.1 Å². The minimum absolute atomic E-state index is 0.231. The van der Waals surface area contributed by atoms with Crippen molar-refractivity contribution in [3.63, 3.8) is 0 Å². The molecule has 0 spiro atoms. The summed E-state index contributed by atoms with van der Waals surface area (Å²) >= 11 is 0. The van der Waals surface area contributed by atoms with Crippen molar-refractivity contribution in [3.05, 3.63) is 0 Å². The van der Waals surface area contributed by atoms with Crippen LogP contribution in [0, 0.1) is 0 Å². The molecule has 2 atom stereocenters. The van der Waals surface area contributed by atoms with Crippen LogP contribution in [0.5, 0.6) is 0 Å². The van der Waals surface area contributed by atoms with Crippen molar-refractivity contribution in [2.24, 2.45) is 5.73 Å². The van der Waals surface area contributed by atoms with E-state index in [9.17, 15) is 9.18 Å². The minimum atomic E-state index is -0.900. The molecule has 0 unspecified atom stereocenters. The normalized spacial score (nSPS) is 34.8. The van der Waals surface area contributed by atoms with Crippen LogP contribution >= 0.6 is 0 Å². The van der Waals surface area contributed by atoms with Gasteiger partial charge in [0.1, 0.15) is 6.17 Å². The fourth-order valence-electron chi connectivity index (χ4n) is 0.909. The van der Waals surface area contributed by atoms with E-state index in [4.69, 9.17) is 5.73 Å². The maximum atomic E-state index is 12.3. The van der Waals surface area contributed by atoms with E-state index in [-0.39, 0.29) is 13.0 Å². The van der Waals surface area contributed by atoms with Crippen LogP contribution in [0.25, 0.3) is 0 Å². The van der Waals surface area contributed by atoms with E-state index in [0.717, 1.165) is 0 Å². The predicted molar refractivity (Wildman–Crippen MR) is 30.5 cm³/mol. The van der Waals surface area contributed by atoms with Crippen LogP contribution in [0.1, 0.15) is 6.42 Å². The Bertz CT molecular complexity index is 128. The summed E-state index contributed by atoms with van der Waals surface area (Å²) in [6.45, 7) is 0.258. The summed E-state index contributed by atoms with van der Waals surface area (Å²) < 4.78 is 12.3. The summed E-state index contributed by atoms with van der Waals surface area (Å²) in [4.78, 5) is 10.3. The molecule has 0 aromatic rings. The van der Waals surface area contributed by atoms with Crippen molar-refractivity contribution in [2.45, 2.75) is 18.6 Å². The van der Waals surface area contributed by atoms with Gasteiger partial charge in [-0.15, -0.1) is 0 Å². The Balaban J connectivity index is 2.39. The van der Waals surface area contributed by atoms with Gasteiger partial charge >= 0.3 is 0 Å². The van der Waals surface area contributed by atoms with E-state index in [1.165, 1.54) is 0 Å². The molecule has 1 saturated heterocycles. The second-order valence-corrected chi connectivity index (χ2v) is 2.20. The van der Waals surface area contributed by atoms with Gasteiger partial charge in [-0.1, -0.05) is 0 Å². The Morgan fingerprint density at radius 1 is 1.78 bits per heavy atom. The molecule has 0 aliphatic carbocycles. The quantitative estimate of drug-likeness (QED) is 0.489. The van der Waals surface area contributed by atoms with Gasteiger partial charge in [0.25, 0.3) is 0 Å². The largest absolute Gasteiger partial charge is 0.368 e. The average Bonchev–Trinajstić information content (AvgIpc) is 2.14. The lowest BCUT2D eigenvalue weighted by Gasteiger charge is -2.00. The average molecular weight is 132 g/mol. The molecule has 3 N–H and O–H groups in total. The summed E-state index contributed by atoms with van der Waals surface area (Å²) in [7, 11) is 0. The maximum absolute atomic E-state index is 12.3.